The second-order valence-electron chi connectivity index (χ2n) is 3.36. The maximum atomic E-state index is 11.5. The standard InChI is InChI=1S/C11H16N2O/c1-2-3-4-5-6-11(14)10-7-12-9-13-8-10/h7-9H,2-6H2,1H3. The van der Waals surface area contributed by atoms with Gasteiger partial charge in [-0.3, -0.25) is 4.79 Å². The van der Waals surface area contributed by atoms with Gasteiger partial charge < -0.3 is 0 Å². The van der Waals surface area contributed by atoms with Gasteiger partial charge in [0, 0.05) is 18.8 Å². The minimum atomic E-state index is 0.154. The van der Waals surface area contributed by atoms with E-state index in [2.05, 4.69) is 16.9 Å². The third kappa shape index (κ3) is 3.64. The molecule has 0 unspecified atom stereocenters. The summed E-state index contributed by atoms with van der Waals surface area (Å²) in [6.45, 7) is 2.16. The molecule has 0 bridgehead atoms. The lowest BCUT2D eigenvalue weighted by atomic mass is 10.1. The van der Waals surface area contributed by atoms with Crippen LogP contribution in [0.5, 0.6) is 0 Å². The predicted molar refractivity (Wildman–Crippen MR) is 55.1 cm³/mol. The van der Waals surface area contributed by atoms with Gasteiger partial charge in [-0.2, -0.15) is 0 Å². The fraction of sp³-hybridized carbons (Fsp3) is 0.545. The molecule has 0 fully saturated rings. The molecule has 1 rings (SSSR count). The first-order chi connectivity index (χ1) is 6.84. The van der Waals surface area contributed by atoms with Gasteiger partial charge in [0.25, 0.3) is 0 Å². The van der Waals surface area contributed by atoms with Crippen molar-refractivity contribution in [1.82, 2.24) is 9.97 Å². The van der Waals surface area contributed by atoms with Crippen LogP contribution in [0.1, 0.15) is 49.4 Å². The lowest BCUT2D eigenvalue weighted by molar-refractivity contribution is 0.0978. The van der Waals surface area contributed by atoms with Crippen molar-refractivity contribution in [2.45, 2.75) is 39.0 Å². The summed E-state index contributed by atoms with van der Waals surface area (Å²) in [4.78, 5) is 19.2. The van der Waals surface area contributed by atoms with Gasteiger partial charge in [-0.25, -0.2) is 9.97 Å². The van der Waals surface area contributed by atoms with Crippen LogP contribution in [0.4, 0.5) is 0 Å². The van der Waals surface area contributed by atoms with Crippen LogP contribution in [0.15, 0.2) is 18.7 Å². The molecule has 3 nitrogen and oxygen atoms in total. The number of aromatic nitrogens is 2. The Balaban J connectivity index is 2.29. The zero-order chi connectivity index (χ0) is 10.2. The van der Waals surface area contributed by atoms with Gasteiger partial charge in [0.2, 0.25) is 0 Å². The molecule has 0 saturated heterocycles. The van der Waals surface area contributed by atoms with E-state index in [4.69, 9.17) is 0 Å². The number of nitrogens with zero attached hydrogens (tertiary/aromatic N) is 2. The smallest absolute Gasteiger partial charge is 0.165 e. The van der Waals surface area contributed by atoms with Crippen molar-refractivity contribution in [3.05, 3.63) is 24.3 Å². The Morgan fingerprint density at radius 3 is 2.57 bits per heavy atom. The Hall–Kier alpha value is -1.25. The molecule has 1 aromatic rings. The summed E-state index contributed by atoms with van der Waals surface area (Å²) in [5.74, 6) is 0.154. The number of Topliss-reactive ketones (excluding diaryl/α,β-unsaturated/α-hetero) is 1. The van der Waals surface area contributed by atoms with E-state index in [9.17, 15) is 4.79 Å². The summed E-state index contributed by atoms with van der Waals surface area (Å²) < 4.78 is 0. The summed E-state index contributed by atoms with van der Waals surface area (Å²) in [7, 11) is 0. The molecule has 0 aromatic carbocycles. The minimum absolute atomic E-state index is 0.154. The highest BCUT2D eigenvalue weighted by Gasteiger charge is 2.04. The van der Waals surface area contributed by atoms with Gasteiger partial charge in [-0.1, -0.05) is 26.2 Å². The molecule has 0 atom stereocenters. The predicted octanol–water partition coefficient (Wildman–Crippen LogP) is 2.63. The van der Waals surface area contributed by atoms with Crippen LogP contribution < -0.4 is 0 Å². The van der Waals surface area contributed by atoms with Crippen molar-refractivity contribution in [1.29, 1.82) is 0 Å². The van der Waals surface area contributed by atoms with E-state index in [1.54, 1.807) is 12.4 Å². The van der Waals surface area contributed by atoms with Crippen LogP contribution in [0.25, 0.3) is 0 Å². The maximum Gasteiger partial charge on any atom is 0.165 e. The van der Waals surface area contributed by atoms with Crippen LogP contribution in [-0.2, 0) is 0 Å². The lowest BCUT2D eigenvalue weighted by Gasteiger charge is -1.99. The summed E-state index contributed by atoms with van der Waals surface area (Å²) in [6.07, 6.45) is 9.73. The van der Waals surface area contributed by atoms with E-state index in [0.29, 0.717) is 12.0 Å². The van der Waals surface area contributed by atoms with Crippen LogP contribution in [0.2, 0.25) is 0 Å². The molecule has 0 N–H and O–H groups in total. The van der Waals surface area contributed by atoms with Crippen LogP contribution >= 0.6 is 0 Å². The molecule has 1 heterocycles. The molecule has 0 radical (unpaired) electrons. The molecule has 0 spiro atoms. The lowest BCUT2D eigenvalue weighted by Crippen LogP contribution is -2.00. The van der Waals surface area contributed by atoms with Crippen LogP contribution in [0.3, 0.4) is 0 Å². The molecule has 0 aliphatic rings. The molecular formula is C11H16N2O. The Kier molecular flexibility index (Phi) is 4.83. The number of rotatable bonds is 6. The van der Waals surface area contributed by atoms with E-state index in [0.717, 1.165) is 12.8 Å². The Labute approximate surface area is 84.6 Å². The quantitative estimate of drug-likeness (QED) is 0.514. The van der Waals surface area contributed by atoms with Crippen LogP contribution in [0, 0.1) is 0 Å². The van der Waals surface area contributed by atoms with Crippen molar-refractivity contribution >= 4 is 5.78 Å². The molecule has 0 aliphatic carbocycles. The van der Waals surface area contributed by atoms with E-state index in [-0.39, 0.29) is 5.78 Å². The summed E-state index contributed by atoms with van der Waals surface area (Å²) >= 11 is 0. The third-order valence-electron chi connectivity index (χ3n) is 2.14. The first kappa shape index (κ1) is 10.8. The van der Waals surface area contributed by atoms with Gasteiger partial charge in [0.1, 0.15) is 6.33 Å². The zero-order valence-electron chi connectivity index (χ0n) is 8.57. The SMILES string of the molecule is CCCCCCC(=O)c1cncnc1. The normalized spacial score (nSPS) is 10.1. The summed E-state index contributed by atoms with van der Waals surface area (Å²) in [5, 5.41) is 0. The topological polar surface area (TPSA) is 42.9 Å². The highest BCUT2D eigenvalue weighted by molar-refractivity contribution is 5.95. The van der Waals surface area contributed by atoms with Crippen LogP contribution in [-0.4, -0.2) is 15.8 Å². The largest absolute Gasteiger partial charge is 0.294 e. The average molecular weight is 192 g/mol. The molecule has 76 valence electrons. The summed E-state index contributed by atoms with van der Waals surface area (Å²) in [5.41, 5.74) is 0.629. The van der Waals surface area contributed by atoms with Gasteiger partial charge in [-0.05, 0) is 6.42 Å². The van der Waals surface area contributed by atoms with Gasteiger partial charge in [0.15, 0.2) is 5.78 Å². The number of carbonyl (C=O) groups excluding carboxylic acids is 1. The van der Waals surface area contributed by atoms with Gasteiger partial charge in [0.05, 0.1) is 5.56 Å². The Morgan fingerprint density at radius 1 is 1.21 bits per heavy atom. The van der Waals surface area contributed by atoms with Gasteiger partial charge >= 0.3 is 0 Å². The number of hydrogen-bond donors (Lipinski definition) is 0. The number of unbranched alkanes of at least 4 members (excludes halogenated alkanes) is 3. The van der Waals surface area contributed by atoms with E-state index < -0.39 is 0 Å². The average Bonchev–Trinajstić information content (AvgIpc) is 2.25. The Bertz CT molecular complexity index is 272. The third-order valence-corrected chi connectivity index (χ3v) is 2.14. The van der Waals surface area contributed by atoms with E-state index >= 15 is 0 Å². The molecule has 0 aliphatic heterocycles. The van der Waals surface area contributed by atoms with Crippen molar-refractivity contribution in [2.75, 3.05) is 0 Å². The van der Waals surface area contributed by atoms with E-state index in [1.807, 2.05) is 0 Å². The molecule has 0 saturated carbocycles. The van der Waals surface area contributed by atoms with Crippen molar-refractivity contribution in [3.8, 4) is 0 Å². The molecule has 3 heteroatoms. The van der Waals surface area contributed by atoms with E-state index in [1.165, 1.54) is 19.2 Å². The fourth-order valence-corrected chi connectivity index (χ4v) is 1.30. The number of ketones is 1. The van der Waals surface area contributed by atoms with Gasteiger partial charge in [-0.15, -0.1) is 0 Å². The number of carbonyl (C=O) groups is 1. The second kappa shape index (κ2) is 6.24. The highest BCUT2D eigenvalue weighted by atomic mass is 16.1. The zero-order valence-corrected chi connectivity index (χ0v) is 8.57. The fourth-order valence-electron chi connectivity index (χ4n) is 1.30. The Morgan fingerprint density at radius 2 is 1.93 bits per heavy atom. The first-order valence-corrected chi connectivity index (χ1v) is 5.12. The highest BCUT2D eigenvalue weighted by Crippen LogP contribution is 2.07. The molecule has 1 aromatic heterocycles. The summed E-state index contributed by atoms with van der Waals surface area (Å²) in [6, 6.07) is 0. The minimum Gasteiger partial charge on any atom is -0.294 e. The monoisotopic (exact) mass is 192 g/mol. The van der Waals surface area contributed by atoms with Crippen molar-refractivity contribution in [3.63, 3.8) is 0 Å². The van der Waals surface area contributed by atoms with Crippen molar-refractivity contribution in [2.24, 2.45) is 0 Å². The molecular weight excluding hydrogens is 176 g/mol. The molecule has 14 heavy (non-hydrogen) atoms. The first-order valence-electron chi connectivity index (χ1n) is 5.12. The maximum absolute atomic E-state index is 11.5. The molecule has 0 amide bonds. The number of hydrogen-bond acceptors (Lipinski definition) is 3. The second-order valence-corrected chi connectivity index (χ2v) is 3.36. The van der Waals surface area contributed by atoms with Crippen molar-refractivity contribution < 1.29 is 4.79 Å².